The van der Waals surface area contributed by atoms with Crippen LogP contribution in [-0.2, 0) is 12.8 Å². The number of hydrogen-bond acceptors (Lipinski definition) is 2. The number of nitrogens with one attached hydrogen (secondary N) is 1. The summed E-state index contributed by atoms with van der Waals surface area (Å²) in [5.74, 6) is 0.136. The van der Waals surface area contributed by atoms with Crippen molar-refractivity contribution in [1.82, 2.24) is 0 Å². The van der Waals surface area contributed by atoms with Gasteiger partial charge in [-0.3, -0.25) is 4.79 Å². The van der Waals surface area contributed by atoms with Gasteiger partial charge in [0.2, 0.25) is 0 Å². The number of carbonyl (C=O) groups excluding carboxylic acids is 1. The highest BCUT2D eigenvalue weighted by molar-refractivity contribution is 6.30. The molecule has 35 heavy (non-hydrogen) atoms. The number of halogens is 1. The minimum atomic E-state index is 0.136. The van der Waals surface area contributed by atoms with Gasteiger partial charge in [-0.2, -0.15) is 0 Å². The average molecular weight is 476 g/mol. The molecule has 0 saturated heterocycles. The summed E-state index contributed by atoms with van der Waals surface area (Å²) in [7, 11) is 0. The van der Waals surface area contributed by atoms with Gasteiger partial charge in [0, 0.05) is 27.5 Å². The maximum Gasteiger partial charge on any atom is 0.189 e. The standard InChI is InChI=1S/C32H26ClNO/c1-20-6-2-3-11-31(20)34-22-14-12-21(13-15-22)32(35)29-9-4-7-23-25-18-19-28-24(8-5-10-30(28)33)26(25)16-17-27(23)29/h2-3,5-6,8,10-17,19,34H,4,7,9,18H2,1H3. The van der Waals surface area contributed by atoms with Gasteiger partial charge >= 0.3 is 0 Å². The lowest BCUT2D eigenvalue weighted by atomic mass is 9.84. The largest absolute Gasteiger partial charge is 0.355 e. The van der Waals surface area contributed by atoms with Gasteiger partial charge in [0.15, 0.2) is 5.78 Å². The van der Waals surface area contributed by atoms with Crippen LogP contribution in [0, 0.1) is 17.4 Å². The summed E-state index contributed by atoms with van der Waals surface area (Å²) in [5, 5.41) is 8.94. The van der Waals surface area contributed by atoms with Crippen molar-refractivity contribution in [3.8, 4) is 0 Å². The third-order valence-electron chi connectivity index (χ3n) is 7.31. The summed E-state index contributed by atoms with van der Waals surface area (Å²) < 4.78 is 0. The molecule has 0 atom stereocenters. The highest BCUT2D eigenvalue weighted by atomic mass is 35.5. The molecular formula is C32H26ClNO. The molecule has 1 N–H and O–H groups in total. The first kappa shape index (κ1) is 21.9. The van der Waals surface area contributed by atoms with E-state index >= 15 is 0 Å². The van der Waals surface area contributed by atoms with Crippen LogP contribution in [0.25, 0.3) is 11.6 Å². The number of carbonyl (C=O) groups is 1. The molecular weight excluding hydrogens is 450 g/mol. The van der Waals surface area contributed by atoms with Crippen LogP contribution < -0.4 is 15.8 Å². The lowest BCUT2D eigenvalue weighted by Crippen LogP contribution is -2.26. The molecule has 4 aromatic carbocycles. The highest BCUT2D eigenvalue weighted by Gasteiger charge is 2.21. The van der Waals surface area contributed by atoms with Crippen LogP contribution in [0.3, 0.4) is 0 Å². The van der Waals surface area contributed by atoms with Gasteiger partial charge < -0.3 is 5.32 Å². The average Bonchev–Trinajstić information content (AvgIpc) is 2.89. The second kappa shape index (κ2) is 8.87. The van der Waals surface area contributed by atoms with Gasteiger partial charge in [0.25, 0.3) is 0 Å². The van der Waals surface area contributed by atoms with Gasteiger partial charge in [-0.05, 0) is 107 Å². The summed E-state index contributed by atoms with van der Waals surface area (Å²) in [6, 6.07) is 26.5. The molecule has 0 bridgehead atoms. The lowest BCUT2D eigenvalue weighted by Gasteiger charge is -2.20. The van der Waals surface area contributed by atoms with Crippen molar-refractivity contribution in [3.05, 3.63) is 127 Å². The van der Waals surface area contributed by atoms with Crippen LogP contribution in [0.1, 0.15) is 39.9 Å². The number of ketones is 1. The number of benzene rings is 4. The van der Waals surface area contributed by atoms with Crippen LogP contribution in [0.2, 0.25) is 5.02 Å². The Morgan fingerprint density at radius 1 is 0.800 bits per heavy atom. The minimum absolute atomic E-state index is 0.136. The number of hydrogen-bond donors (Lipinski definition) is 1. The molecule has 172 valence electrons. The molecule has 2 aliphatic carbocycles. The Morgan fingerprint density at radius 2 is 1.60 bits per heavy atom. The highest BCUT2D eigenvalue weighted by Crippen LogP contribution is 2.25. The maximum absolute atomic E-state index is 13.6. The molecule has 0 saturated carbocycles. The van der Waals surface area contributed by atoms with Crippen LogP contribution in [0.4, 0.5) is 11.4 Å². The van der Waals surface area contributed by atoms with E-state index in [1.54, 1.807) is 0 Å². The van der Waals surface area contributed by atoms with Crippen molar-refractivity contribution in [1.29, 1.82) is 0 Å². The number of Topliss-reactive ketones (excluding diaryl/α,β-unsaturated/α-hetero) is 1. The monoisotopic (exact) mass is 475 g/mol. The molecule has 0 aliphatic heterocycles. The summed E-state index contributed by atoms with van der Waals surface area (Å²) in [4.78, 5) is 13.6. The van der Waals surface area contributed by atoms with Crippen molar-refractivity contribution in [2.45, 2.75) is 32.6 Å². The zero-order valence-electron chi connectivity index (χ0n) is 19.7. The smallest absolute Gasteiger partial charge is 0.189 e. The first-order valence-corrected chi connectivity index (χ1v) is 12.6. The van der Waals surface area contributed by atoms with E-state index in [-0.39, 0.29) is 5.78 Å². The van der Waals surface area contributed by atoms with Gasteiger partial charge in [-0.15, -0.1) is 0 Å². The number of para-hydroxylation sites is 1. The van der Waals surface area contributed by atoms with E-state index in [0.717, 1.165) is 63.7 Å². The van der Waals surface area contributed by atoms with Crippen molar-refractivity contribution in [3.63, 3.8) is 0 Å². The Hall–Kier alpha value is -3.62. The van der Waals surface area contributed by atoms with E-state index in [4.69, 9.17) is 11.6 Å². The Morgan fingerprint density at radius 3 is 2.43 bits per heavy atom. The van der Waals surface area contributed by atoms with Gasteiger partial charge in [-0.1, -0.05) is 60.1 Å². The van der Waals surface area contributed by atoms with E-state index in [0.29, 0.717) is 0 Å². The first-order valence-electron chi connectivity index (χ1n) is 12.2. The molecule has 0 fully saturated rings. The van der Waals surface area contributed by atoms with Crippen LogP contribution in [0.5, 0.6) is 0 Å². The SMILES string of the molecule is Cc1ccccc1Nc1ccc(C(=O)C2=c3ccc4c(c3CCC2)CC=c2c(Cl)cccc2=4)cc1. The fourth-order valence-electron chi connectivity index (χ4n) is 5.49. The van der Waals surface area contributed by atoms with Crippen molar-refractivity contribution < 1.29 is 4.79 Å². The molecule has 0 amide bonds. The third-order valence-corrected chi connectivity index (χ3v) is 7.64. The number of fused-ring (bicyclic) bond motifs is 4. The maximum atomic E-state index is 13.6. The number of anilines is 2. The molecule has 6 rings (SSSR count). The first-order chi connectivity index (χ1) is 17.1. The molecule has 0 unspecified atom stereocenters. The molecule has 0 heterocycles. The van der Waals surface area contributed by atoms with E-state index < -0.39 is 0 Å². The third kappa shape index (κ3) is 3.88. The van der Waals surface area contributed by atoms with E-state index in [1.807, 2.05) is 48.5 Å². The van der Waals surface area contributed by atoms with Crippen molar-refractivity contribution in [2.75, 3.05) is 5.32 Å². The number of rotatable bonds is 4. The van der Waals surface area contributed by atoms with E-state index in [1.165, 1.54) is 27.1 Å². The van der Waals surface area contributed by atoms with Crippen LogP contribution >= 0.6 is 11.6 Å². The summed E-state index contributed by atoms with van der Waals surface area (Å²) in [5.41, 5.74) is 7.60. The van der Waals surface area contributed by atoms with Crippen LogP contribution in [0.15, 0.2) is 78.9 Å². The predicted octanol–water partition coefficient (Wildman–Crippen LogP) is 6.39. The molecule has 2 aliphatic rings. The Bertz CT molecular complexity index is 1700. The van der Waals surface area contributed by atoms with Gasteiger partial charge in [-0.25, -0.2) is 0 Å². The lowest BCUT2D eigenvalue weighted by molar-refractivity contribution is 0.105. The fourth-order valence-corrected chi connectivity index (χ4v) is 5.74. The van der Waals surface area contributed by atoms with Gasteiger partial charge in [0.05, 0.1) is 0 Å². The number of aryl methyl sites for hydroxylation is 1. The topological polar surface area (TPSA) is 29.1 Å². The Kier molecular flexibility index (Phi) is 5.54. The van der Waals surface area contributed by atoms with Crippen molar-refractivity contribution >= 4 is 40.4 Å². The Balaban J connectivity index is 1.40. The molecule has 0 aromatic heterocycles. The quantitative estimate of drug-likeness (QED) is 0.347. The fraction of sp³-hybridized carbons (Fsp3) is 0.156. The van der Waals surface area contributed by atoms with Crippen molar-refractivity contribution in [2.24, 2.45) is 0 Å². The zero-order valence-corrected chi connectivity index (χ0v) is 20.5. The summed E-state index contributed by atoms with van der Waals surface area (Å²) >= 11 is 6.46. The predicted molar refractivity (Wildman–Crippen MR) is 145 cm³/mol. The molecule has 0 radical (unpaired) electrons. The molecule has 2 nitrogen and oxygen atoms in total. The van der Waals surface area contributed by atoms with Gasteiger partial charge in [0.1, 0.15) is 0 Å². The van der Waals surface area contributed by atoms with Crippen LogP contribution in [-0.4, -0.2) is 5.78 Å². The second-order valence-electron chi connectivity index (χ2n) is 9.41. The second-order valence-corrected chi connectivity index (χ2v) is 9.81. The minimum Gasteiger partial charge on any atom is -0.355 e. The normalized spacial score (nSPS) is 13.8. The van der Waals surface area contributed by atoms with E-state index in [2.05, 4.69) is 48.6 Å². The van der Waals surface area contributed by atoms with E-state index in [9.17, 15) is 4.79 Å². The molecule has 3 heteroatoms. The zero-order chi connectivity index (χ0) is 23.9. The molecule has 4 aromatic rings. The summed E-state index contributed by atoms with van der Waals surface area (Å²) in [6.45, 7) is 2.08. The Labute approximate surface area is 209 Å². The molecule has 0 spiro atoms. The summed E-state index contributed by atoms with van der Waals surface area (Å²) in [6.07, 6.45) is 5.92.